The molecule has 0 atom stereocenters. The average molecular weight is 331 g/mol. The van der Waals surface area contributed by atoms with E-state index in [1.165, 1.54) is 0 Å². The third-order valence-corrected chi connectivity index (χ3v) is 3.40. The van der Waals surface area contributed by atoms with Crippen molar-refractivity contribution in [2.24, 2.45) is 5.73 Å². The lowest BCUT2D eigenvalue weighted by Crippen LogP contribution is -2.28. The van der Waals surface area contributed by atoms with Gasteiger partial charge in [-0.15, -0.1) is 0 Å². The fraction of sp³-hybridized carbons (Fsp3) is 0.444. The number of hydrogen-bond donors (Lipinski definition) is 1. The first-order valence-corrected chi connectivity index (χ1v) is 7.98. The highest BCUT2D eigenvalue weighted by molar-refractivity contribution is 5.52. The Morgan fingerprint density at radius 2 is 1.88 bits per heavy atom. The third kappa shape index (κ3) is 6.13. The molecule has 1 aromatic carbocycles. The van der Waals surface area contributed by atoms with Gasteiger partial charge in [-0.25, -0.2) is 0 Å². The van der Waals surface area contributed by atoms with Crippen LogP contribution in [0.1, 0.15) is 0 Å². The lowest BCUT2D eigenvalue weighted by Gasteiger charge is -2.21. The van der Waals surface area contributed by atoms with Crippen LogP contribution in [0, 0.1) is 11.8 Å². The van der Waals surface area contributed by atoms with E-state index in [0.29, 0.717) is 33.0 Å². The van der Waals surface area contributed by atoms with Gasteiger partial charge in [-0.05, 0) is 24.3 Å². The predicted octanol–water partition coefficient (Wildman–Crippen LogP) is 1.24. The monoisotopic (exact) mass is 331 g/mol. The van der Waals surface area contributed by atoms with Crippen molar-refractivity contribution in [2.75, 3.05) is 58.2 Å². The molecule has 1 aliphatic heterocycles. The fourth-order valence-corrected chi connectivity index (χ4v) is 2.17. The molecular weight excluding hydrogens is 306 g/mol. The SMILES string of the molecule is COCC#CCOc1ccc(N2C=CN(CCOCCN)C2)cc1. The van der Waals surface area contributed by atoms with Crippen molar-refractivity contribution >= 4 is 5.69 Å². The van der Waals surface area contributed by atoms with Gasteiger partial charge in [-0.1, -0.05) is 11.8 Å². The Labute approximate surface area is 143 Å². The van der Waals surface area contributed by atoms with Crippen molar-refractivity contribution < 1.29 is 14.2 Å². The first-order chi connectivity index (χ1) is 11.8. The van der Waals surface area contributed by atoms with Crippen molar-refractivity contribution in [2.45, 2.75) is 0 Å². The van der Waals surface area contributed by atoms with Crippen LogP contribution in [0.4, 0.5) is 5.69 Å². The number of methoxy groups -OCH3 is 1. The summed E-state index contributed by atoms with van der Waals surface area (Å²) in [4.78, 5) is 4.37. The van der Waals surface area contributed by atoms with Gasteiger partial charge < -0.3 is 29.7 Å². The van der Waals surface area contributed by atoms with Crippen molar-refractivity contribution in [3.8, 4) is 17.6 Å². The molecule has 0 aromatic heterocycles. The van der Waals surface area contributed by atoms with Gasteiger partial charge in [0.15, 0.2) is 0 Å². The Morgan fingerprint density at radius 3 is 2.62 bits per heavy atom. The van der Waals surface area contributed by atoms with Gasteiger partial charge in [-0.2, -0.15) is 0 Å². The van der Waals surface area contributed by atoms with E-state index in [1.54, 1.807) is 7.11 Å². The van der Waals surface area contributed by atoms with Gasteiger partial charge >= 0.3 is 0 Å². The molecule has 0 aliphatic carbocycles. The van der Waals surface area contributed by atoms with E-state index in [9.17, 15) is 0 Å². The minimum absolute atomic E-state index is 0.364. The summed E-state index contributed by atoms with van der Waals surface area (Å²) < 4.78 is 15.8. The van der Waals surface area contributed by atoms with E-state index in [2.05, 4.69) is 34.0 Å². The normalized spacial score (nSPS) is 13.1. The minimum Gasteiger partial charge on any atom is -0.481 e. The Kier molecular flexibility index (Phi) is 7.98. The summed E-state index contributed by atoms with van der Waals surface area (Å²) in [7, 11) is 1.62. The van der Waals surface area contributed by atoms with Crippen molar-refractivity contribution in [3.63, 3.8) is 0 Å². The summed E-state index contributed by atoms with van der Waals surface area (Å²) in [5.74, 6) is 6.55. The number of hydrogen-bond acceptors (Lipinski definition) is 6. The number of nitrogens with two attached hydrogens (primary N) is 1. The van der Waals surface area contributed by atoms with E-state index in [0.717, 1.165) is 24.7 Å². The van der Waals surface area contributed by atoms with Crippen LogP contribution in [0.2, 0.25) is 0 Å². The van der Waals surface area contributed by atoms with Crippen LogP contribution < -0.4 is 15.4 Å². The molecule has 0 radical (unpaired) electrons. The van der Waals surface area contributed by atoms with Crippen LogP contribution in [0.5, 0.6) is 5.75 Å². The van der Waals surface area contributed by atoms with Crippen LogP contribution in [-0.2, 0) is 9.47 Å². The molecule has 130 valence electrons. The molecule has 1 aromatic rings. The standard InChI is InChI=1S/C18H25N3O3/c1-22-12-2-3-13-24-18-6-4-17(5-7-18)21-10-9-20(16-21)11-15-23-14-8-19/h4-7,9-10H,8,11-16,19H2,1H3. The summed E-state index contributed by atoms with van der Waals surface area (Å²) in [6.45, 7) is 4.32. The Hall–Kier alpha value is -2.20. The molecule has 1 aliphatic rings. The van der Waals surface area contributed by atoms with Gasteiger partial charge in [0, 0.05) is 38.3 Å². The molecule has 0 fully saturated rings. The third-order valence-electron chi connectivity index (χ3n) is 3.40. The molecule has 0 amide bonds. The molecule has 2 N–H and O–H groups in total. The predicted molar refractivity (Wildman–Crippen MR) is 94.7 cm³/mol. The first-order valence-electron chi connectivity index (χ1n) is 7.98. The molecule has 0 saturated carbocycles. The maximum Gasteiger partial charge on any atom is 0.149 e. The smallest absolute Gasteiger partial charge is 0.149 e. The second kappa shape index (κ2) is 10.6. The zero-order valence-corrected chi connectivity index (χ0v) is 14.1. The van der Waals surface area contributed by atoms with Gasteiger partial charge in [0.25, 0.3) is 0 Å². The number of nitrogens with zero attached hydrogens (tertiary/aromatic N) is 2. The van der Waals surface area contributed by atoms with E-state index < -0.39 is 0 Å². The summed E-state index contributed by atoms with van der Waals surface area (Å²) >= 11 is 0. The second-order valence-electron chi connectivity index (χ2n) is 5.19. The van der Waals surface area contributed by atoms with Crippen LogP contribution in [0.15, 0.2) is 36.7 Å². The van der Waals surface area contributed by atoms with Crippen LogP contribution in [0.3, 0.4) is 0 Å². The zero-order chi connectivity index (χ0) is 17.0. The summed E-state index contributed by atoms with van der Waals surface area (Å²) in [5.41, 5.74) is 6.52. The molecule has 0 spiro atoms. The Morgan fingerprint density at radius 1 is 1.08 bits per heavy atom. The molecule has 0 unspecified atom stereocenters. The van der Waals surface area contributed by atoms with Crippen molar-refractivity contribution in [1.82, 2.24) is 4.90 Å². The highest BCUT2D eigenvalue weighted by Gasteiger charge is 2.13. The molecule has 6 nitrogen and oxygen atoms in total. The fourth-order valence-electron chi connectivity index (χ4n) is 2.17. The summed E-state index contributed by atoms with van der Waals surface area (Å²) in [6, 6.07) is 7.98. The number of benzene rings is 1. The average Bonchev–Trinajstić information content (AvgIpc) is 3.08. The van der Waals surface area contributed by atoms with E-state index in [1.807, 2.05) is 24.3 Å². The van der Waals surface area contributed by atoms with Crippen LogP contribution in [-0.4, -0.2) is 58.2 Å². The zero-order valence-electron chi connectivity index (χ0n) is 14.1. The summed E-state index contributed by atoms with van der Waals surface area (Å²) in [6.07, 6.45) is 4.14. The second-order valence-corrected chi connectivity index (χ2v) is 5.19. The van der Waals surface area contributed by atoms with Gasteiger partial charge in [0.05, 0.1) is 19.9 Å². The van der Waals surface area contributed by atoms with Gasteiger partial charge in [0.1, 0.15) is 19.0 Å². The number of ether oxygens (including phenoxy) is 3. The van der Waals surface area contributed by atoms with E-state index in [-0.39, 0.29) is 0 Å². The molecule has 6 heteroatoms. The summed E-state index contributed by atoms with van der Waals surface area (Å²) in [5, 5.41) is 0. The highest BCUT2D eigenvalue weighted by Crippen LogP contribution is 2.22. The number of rotatable bonds is 9. The van der Waals surface area contributed by atoms with Crippen LogP contribution in [0.25, 0.3) is 0 Å². The van der Waals surface area contributed by atoms with Gasteiger partial charge in [0.2, 0.25) is 0 Å². The molecule has 24 heavy (non-hydrogen) atoms. The lowest BCUT2D eigenvalue weighted by molar-refractivity contribution is 0.125. The highest BCUT2D eigenvalue weighted by atomic mass is 16.5. The maximum absolute atomic E-state index is 5.56. The molecule has 2 rings (SSSR count). The quantitative estimate of drug-likeness (QED) is 0.543. The topological polar surface area (TPSA) is 60.2 Å². The van der Waals surface area contributed by atoms with Crippen LogP contribution >= 0.6 is 0 Å². The molecule has 0 bridgehead atoms. The van der Waals surface area contributed by atoms with Gasteiger partial charge in [-0.3, -0.25) is 0 Å². The Bertz CT molecular complexity index is 563. The molecular formula is C18H25N3O3. The molecule has 0 saturated heterocycles. The first kappa shape index (κ1) is 18.1. The lowest BCUT2D eigenvalue weighted by atomic mass is 10.3. The van der Waals surface area contributed by atoms with Crippen molar-refractivity contribution in [3.05, 3.63) is 36.7 Å². The maximum atomic E-state index is 5.56. The van der Waals surface area contributed by atoms with E-state index >= 15 is 0 Å². The number of anilines is 1. The Balaban J connectivity index is 1.74. The van der Waals surface area contributed by atoms with Crippen molar-refractivity contribution in [1.29, 1.82) is 0 Å². The van der Waals surface area contributed by atoms with E-state index in [4.69, 9.17) is 19.9 Å². The molecule has 1 heterocycles. The largest absolute Gasteiger partial charge is 0.481 e. The minimum atomic E-state index is 0.364.